The molecule has 1 aliphatic heterocycles. The second-order valence-corrected chi connectivity index (χ2v) is 6.38. The molecule has 1 saturated heterocycles. The van der Waals surface area contributed by atoms with Gasteiger partial charge in [0.25, 0.3) is 0 Å². The van der Waals surface area contributed by atoms with Gasteiger partial charge < -0.3 is 4.90 Å². The lowest BCUT2D eigenvalue weighted by Crippen LogP contribution is -2.36. The molecular formula is C19H18FNO. The molecule has 0 N–H and O–H groups in total. The minimum absolute atomic E-state index is 0.0918. The maximum absolute atomic E-state index is 13.0. The van der Waals surface area contributed by atoms with Crippen LogP contribution in [0.25, 0.3) is 0 Å². The molecule has 1 saturated carbocycles. The van der Waals surface area contributed by atoms with Crippen molar-refractivity contribution in [3.8, 4) is 0 Å². The molecule has 0 bridgehead atoms. The molecule has 2 aromatic rings. The quantitative estimate of drug-likeness (QED) is 0.847. The van der Waals surface area contributed by atoms with E-state index in [-0.39, 0.29) is 23.6 Å². The van der Waals surface area contributed by atoms with Crippen LogP contribution in [-0.4, -0.2) is 17.4 Å². The average molecular weight is 295 g/mol. The van der Waals surface area contributed by atoms with Crippen LogP contribution in [0, 0.1) is 17.7 Å². The van der Waals surface area contributed by atoms with Crippen molar-refractivity contribution in [1.29, 1.82) is 0 Å². The van der Waals surface area contributed by atoms with Gasteiger partial charge in [-0.1, -0.05) is 42.5 Å². The lowest BCUT2D eigenvalue weighted by Gasteiger charge is -2.38. The van der Waals surface area contributed by atoms with Gasteiger partial charge in [-0.2, -0.15) is 0 Å². The molecule has 0 aromatic heterocycles. The van der Waals surface area contributed by atoms with Gasteiger partial charge >= 0.3 is 0 Å². The summed E-state index contributed by atoms with van der Waals surface area (Å²) in [6, 6.07) is 16.7. The first-order chi connectivity index (χ1) is 10.7. The van der Waals surface area contributed by atoms with Gasteiger partial charge in [-0.3, -0.25) is 4.79 Å². The number of carbonyl (C=O) groups is 1. The predicted octanol–water partition coefficient (Wildman–Crippen LogP) is 3.59. The monoisotopic (exact) mass is 295 g/mol. The van der Waals surface area contributed by atoms with Crippen molar-refractivity contribution >= 4 is 5.91 Å². The highest BCUT2D eigenvalue weighted by molar-refractivity contribution is 5.84. The van der Waals surface area contributed by atoms with Crippen molar-refractivity contribution in [2.75, 3.05) is 6.54 Å². The molecule has 22 heavy (non-hydrogen) atoms. The summed E-state index contributed by atoms with van der Waals surface area (Å²) in [7, 11) is 0. The summed E-state index contributed by atoms with van der Waals surface area (Å²) >= 11 is 0. The van der Waals surface area contributed by atoms with Crippen LogP contribution in [0.4, 0.5) is 4.39 Å². The molecule has 0 radical (unpaired) electrons. The number of amides is 1. The molecule has 2 fully saturated rings. The number of hydrogen-bond acceptors (Lipinski definition) is 1. The summed E-state index contributed by atoms with van der Waals surface area (Å²) in [6.45, 7) is 1.55. The summed E-state index contributed by atoms with van der Waals surface area (Å²) in [6.07, 6.45) is 1.04. The Hall–Kier alpha value is -2.16. The molecule has 3 atom stereocenters. The van der Waals surface area contributed by atoms with Gasteiger partial charge in [0, 0.05) is 19.0 Å². The standard InChI is InChI=1S/C19H18FNO/c20-16-8-6-14(7-9-16)17-10-15-12-21(19(22)18(15)17)11-13-4-2-1-3-5-13/h1-9,15,17-18H,10-12H2. The summed E-state index contributed by atoms with van der Waals surface area (Å²) in [4.78, 5) is 14.7. The van der Waals surface area contributed by atoms with Crippen LogP contribution in [0.5, 0.6) is 0 Å². The van der Waals surface area contributed by atoms with E-state index in [1.165, 1.54) is 17.7 Å². The van der Waals surface area contributed by atoms with Crippen molar-refractivity contribution < 1.29 is 9.18 Å². The Kier molecular flexibility index (Phi) is 3.21. The van der Waals surface area contributed by atoms with Crippen molar-refractivity contribution in [1.82, 2.24) is 4.90 Å². The number of halogens is 1. The summed E-state index contributed by atoms with van der Waals surface area (Å²) < 4.78 is 13.0. The number of likely N-dealkylation sites (tertiary alicyclic amines) is 1. The van der Waals surface area contributed by atoms with E-state index < -0.39 is 0 Å². The number of hydrogen-bond donors (Lipinski definition) is 0. The molecule has 112 valence electrons. The van der Waals surface area contributed by atoms with E-state index in [0.717, 1.165) is 18.5 Å². The molecule has 1 heterocycles. The van der Waals surface area contributed by atoms with Gasteiger partial charge in [0.05, 0.1) is 0 Å². The first-order valence-electron chi connectivity index (χ1n) is 7.80. The van der Waals surface area contributed by atoms with Gasteiger partial charge in [0.15, 0.2) is 0 Å². The number of fused-ring (bicyclic) bond motifs is 1. The molecule has 2 aliphatic rings. The number of rotatable bonds is 3. The Morgan fingerprint density at radius 3 is 2.50 bits per heavy atom. The van der Waals surface area contributed by atoms with Crippen molar-refractivity contribution in [2.45, 2.75) is 18.9 Å². The van der Waals surface area contributed by atoms with Crippen LogP contribution in [0.2, 0.25) is 0 Å². The fourth-order valence-electron chi connectivity index (χ4n) is 3.90. The summed E-state index contributed by atoms with van der Waals surface area (Å²) in [5, 5.41) is 0. The molecule has 2 aromatic carbocycles. The fourth-order valence-corrected chi connectivity index (χ4v) is 3.90. The molecule has 3 heteroatoms. The van der Waals surface area contributed by atoms with Crippen LogP contribution in [0.15, 0.2) is 54.6 Å². The summed E-state index contributed by atoms with van der Waals surface area (Å²) in [5.41, 5.74) is 2.27. The van der Waals surface area contributed by atoms with E-state index in [1.54, 1.807) is 0 Å². The minimum Gasteiger partial charge on any atom is -0.338 e. The van der Waals surface area contributed by atoms with Crippen LogP contribution in [-0.2, 0) is 11.3 Å². The molecule has 4 rings (SSSR count). The third kappa shape index (κ3) is 2.21. The predicted molar refractivity (Wildman–Crippen MR) is 82.6 cm³/mol. The van der Waals surface area contributed by atoms with Gasteiger partial charge in [-0.25, -0.2) is 4.39 Å². The smallest absolute Gasteiger partial charge is 0.226 e. The Morgan fingerprint density at radius 1 is 1.05 bits per heavy atom. The largest absolute Gasteiger partial charge is 0.338 e. The van der Waals surface area contributed by atoms with Crippen molar-refractivity contribution in [2.24, 2.45) is 11.8 Å². The second kappa shape index (κ2) is 5.24. The highest BCUT2D eigenvalue weighted by atomic mass is 19.1. The van der Waals surface area contributed by atoms with E-state index in [4.69, 9.17) is 0 Å². The van der Waals surface area contributed by atoms with Crippen LogP contribution in [0.1, 0.15) is 23.5 Å². The third-order valence-corrected chi connectivity index (χ3v) is 5.06. The highest BCUT2D eigenvalue weighted by Crippen LogP contribution is 2.52. The molecule has 3 unspecified atom stereocenters. The van der Waals surface area contributed by atoms with Gasteiger partial charge in [0.2, 0.25) is 5.91 Å². The number of carbonyl (C=O) groups excluding carboxylic acids is 1. The summed E-state index contributed by atoms with van der Waals surface area (Å²) in [5.74, 6) is 0.858. The first-order valence-corrected chi connectivity index (χ1v) is 7.80. The highest BCUT2D eigenvalue weighted by Gasteiger charge is 2.53. The zero-order valence-corrected chi connectivity index (χ0v) is 12.3. The Morgan fingerprint density at radius 2 is 1.77 bits per heavy atom. The van der Waals surface area contributed by atoms with E-state index in [9.17, 15) is 9.18 Å². The molecule has 2 nitrogen and oxygen atoms in total. The lowest BCUT2D eigenvalue weighted by atomic mass is 9.64. The maximum atomic E-state index is 13.0. The normalized spacial score (nSPS) is 26.7. The molecular weight excluding hydrogens is 277 g/mol. The molecule has 1 aliphatic carbocycles. The number of benzene rings is 2. The Labute approximate surface area is 129 Å². The minimum atomic E-state index is -0.219. The van der Waals surface area contributed by atoms with Crippen molar-refractivity contribution in [3.63, 3.8) is 0 Å². The van der Waals surface area contributed by atoms with Gasteiger partial charge in [-0.15, -0.1) is 0 Å². The zero-order valence-electron chi connectivity index (χ0n) is 12.3. The second-order valence-electron chi connectivity index (χ2n) is 6.38. The van der Waals surface area contributed by atoms with Crippen molar-refractivity contribution in [3.05, 3.63) is 71.5 Å². The Bertz CT molecular complexity index is 682. The number of nitrogens with zero attached hydrogens (tertiary/aromatic N) is 1. The van der Waals surface area contributed by atoms with Gasteiger partial charge in [0.1, 0.15) is 5.82 Å². The van der Waals surface area contributed by atoms with E-state index in [0.29, 0.717) is 12.5 Å². The van der Waals surface area contributed by atoms with Crippen LogP contribution < -0.4 is 0 Å². The maximum Gasteiger partial charge on any atom is 0.226 e. The average Bonchev–Trinajstić information content (AvgIpc) is 2.74. The van der Waals surface area contributed by atoms with E-state index >= 15 is 0 Å². The Balaban J connectivity index is 1.49. The molecule has 1 amide bonds. The fraction of sp³-hybridized carbons (Fsp3) is 0.316. The third-order valence-electron chi connectivity index (χ3n) is 5.06. The first kappa shape index (κ1) is 13.5. The SMILES string of the molecule is O=C1C2C(CC2c2ccc(F)cc2)CN1Cc1ccccc1. The van der Waals surface area contributed by atoms with Crippen LogP contribution >= 0.6 is 0 Å². The molecule has 0 spiro atoms. The van der Waals surface area contributed by atoms with Crippen LogP contribution in [0.3, 0.4) is 0 Å². The topological polar surface area (TPSA) is 20.3 Å². The zero-order chi connectivity index (χ0) is 15.1. The van der Waals surface area contributed by atoms with E-state index in [1.807, 2.05) is 35.2 Å². The lowest BCUT2D eigenvalue weighted by molar-refractivity contribution is -0.133. The van der Waals surface area contributed by atoms with E-state index in [2.05, 4.69) is 12.1 Å². The van der Waals surface area contributed by atoms with Gasteiger partial charge in [-0.05, 0) is 41.5 Å².